The van der Waals surface area contributed by atoms with Crippen LogP contribution in [0, 0.1) is 25.7 Å². The maximum absolute atomic E-state index is 14.2. The van der Waals surface area contributed by atoms with Crippen LogP contribution in [0.1, 0.15) is 96.9 Å². The predicted octanol–water partition coefficient (Wildman–Crippen LogP) is 5.44. The summed E-state index contributed by atoms with van der Waals surface area (Å²) < 4.78 is 5.45. The van der Waals surface area contributed by atoms with Gasteiger partial charge in [-0.25, -0.2) is 4.79 Å². The molecule has 0 aliphatic heterocycles. The number of aryl methyl sites for hydroxylation is 2. The van der Waals surface area contributed by atoms with E-state index in [0.29, 0.717) is 6.54 Å². The molecule has 0 spiro atoms. The molecule has 4 unspecified atom stereocenters. The zero-order chi connectivity index (χ0) is 27.2. The number of rotatable bonds is 11. The number of nitrogens with one attached hydrogen (secondary N) is 2. The van der Waals surface area contributed by atoms with Crippen LogP contribution >= 0.6 is 0 Å². The number of nitrogens with zero attached hydrogens (tertiary/aromatic N) is 1. The van der Waals surface area contributed by atoms with Crippen molar-refractivity contribution in [2.24, 2.45) is 11.8 Å². The van der Waals surface area contributed by atoms with Gasteiger partial charge in [0.15, 0.2) is 0 Å². The minimum atomic E-state index is -0.811. The molecule has 0 radical (unpaired) electrons. The fourth-order valence-electron chi connectivity index (χ4n) is 4.51. The van der Waals surface area contributed by atoms with Crippen LogP contribution in [-0.2, 0) is 14.3 Å². The second-order valence-electron chi connectivity index (χ2n) is 11.7. The van der Waals surface area contributed by atoms with Crippen molar-refractivity contribution in [1.29, 1.82) is 0 Å². The first kappa shape index (κ1) is 29.7. The van der Waals surface area contributed by atoms with Gasteiger partial charge in [0, 0.05) is 12.6 Å². The Labute approximate surface area is 217 Å². The number of carbonyl (C=O) groups is 3. The molecule has 3 amide bonds. The quantitative estimate of drug-likeness (QED) is 0.395. The zero-order valence-corrected chi connectivity index (χ0v) is 23.7. The van der Waals surface area contributed by atoms with E-state index >= 15 is 0 Å². The number of ether oxygens (including phenoxy) is 1. The average molecular weight is 502 g/mol. The lowest BCUT2D eigenvalue weighted by molar-refractivity contribution is -0.144. The lowest BCUT2D eigenvalue weighted by Crippen LogP contribution is -2.56. The number of benzene rings is 1. The Bertz CT molecular complexity index is 922. The highest BCUT2D eigenvalue weighted by Gasteiger charge is 2.48. The monoisotopic (exact) mass is 501 g/mol. The molecule has 0 aromatic heterocycles. The second-order valence-corrected chi connectivity index (χ2v) is 11.7. The van der Waals surface area contributed by atoms with E-state index in [1.54, 1.807) is 25.7 Å². The molecule has 0 heterocycles. The standard InChI is InChI=1S/C29H47N3O4/c1-10-11-12-15-30-26(33)25(22-14-13-19(4)16-20(22)5)32(23-17-21(23)6)27(34)24(18(2)3)31-28(35)36-29(7,8)9/h13-14,16,18,21,23-25H,10-12,15,17H2,1-9H3,(H,30,33)(H,31,35). The van der Waals surface area contributed by atoms with Crippen LogP contribution in [0.5, 0.6) is 0 Å². The fraction of sp³-hybridized carbons (Fsp3) is 0.690. The molecule has 1 fully saturated rings. The van der Waals surface area contributed by atoms with Crippen molar-refractivity contribution >= 4 is 17.9 Å². The van der Waals surface area contributed by atoms with Crippen molar-refractivity contribution in [1.82, 2.24) is 15.5 Å². The number of hydrogen-bond donors (Lipinski definition) is 2. The Hall–Kier alpha value is -2.57. The number of carbonyl (C=O) groups excluding carboxylic acids is 3. The summed E-state index contributed by atoms with van der Waals surface area (Å²) in [5.41, 5.74) is 2.21. The molecular formula is C29H47N3O4. The van der Waals surface area contributed by atoms with Gasteiger partial charge in [0.05, 0.1) is 0 Å². The first-order valence-electron chi connectivity index (χ1n) is 13.4. The largest absolute Gasteiger partial charge is 0.444 e. The summed E-state index contributed by atoms with van der Waals surface area (Å²) in [4.78, 5) is 42.2. The molecule has 1 aliphatic carbocycles. The van der Waals surface area contributed by atoms with Crippen LogP contribution < -0.4 is 10.6 Å². The van der Waals surface area contributed by atoms with E-state index in [4.69, 9.17) is 4.74 Å². The molecule has 36 heavy (non-hydrogen) atoms. The molecule has 2 N–H and O–H groups in total. The predicted molar refractivity (Wildman–Crippen MR) is 144 cm³/mol. The van der Waals surface area contributed by atoms with Crippen LogP contribution in [0.25, 0.3) is 0 Å². The molecule has 0 bridgehead atoms. The highest BCUT2D eigenvalue weighted by Crippen LogP contribution is 2.41. The van der Waals surface area contributed by atoms with Gasteiger partial charge in [-0.3, -0.25) is 9.59 Å². The summed E-state index contributed by atoms with van der Waals surface area (Å²) in [6, 6.07) is 4.35. The Balaban J connectivity index is 2.46. The lowest BCUT2D eigenvalue weighted by Gasteiger charge is -2.36. The molecule has 1 aliphatic rings. The highest BCUT2D eigenvalue weighted by molar-refractivity contribution is 5.93. The topological polar surface area (TPSA) is 87.7 Å². The summed E-state index contributed by atoms with van der Waals surface area (Å²) in [6.07, 6.45) is 3.18. The van der Waals surface area contributed by atoms with Crippen molar-refractivity contribution in [2.45, 2.75) is 112 Å². The van der Waals surface area contributed by atoms with Crippen molar-refractivity contribution in [2.75, 3.05) is 6.54 Å². The third-order valence-corrected chi connectivity index (χ3v) is 6.61. The summed E-state index contributed by atoms with van der Waals surface area (Å²) in [7, 11) is 0. The van der Waals surface area contributed by atoms with E-state index in [2.05, 4.69) is 24.5 Å². The SMILES string of the molecule is CCCCCNC(=O)C(c1ccc(C)cc1C)N(C(=O)C(NC(=O)OC(C)(C)C)C(C)C)C1CC1C. The minimum Gasteiger partial charge on any atom is -0.444 e. The van der Waals surface area contributed by atoms with Crippen molar-refractivity contribution in [3.05, 3.63) is 34.9 Å². The van der Waals surface area contributed by atoms with Gasteiger partial charge in [-0.05, 0) is 70.4 Å². The Morgan fingerprint density at radius 1 is 1.14 bits per heavy atom. The third-order valence-electron chi connectivity index (χ3n) is 6.61. The van der Waals surface area contributed by atoms with Crippen LogP contribution in [0.4, 0.5) is 4.79 Å². The van der Waals surface area contributed by atoms with Crippen molar-refractivity contribution in [3.63, 3.8) is 0 Å². The molecule has 7 nitrogen and oxygen atoms in total. The third kappa shape index (κ3) is 8.24. The number of unbranched alkanes of at least 4 members (excludes halogenated alkanes) is 2. The zero-order valence-electron chi connectivity index (χ0n) is 23.7. The Morgan fingerprint density at radius 3 is 2.28 bits per heavy atom. The van der Waals surface area contributed by atoms with E-state index in [0.717, 1.165) is 42.4 Å². The molecular weight excluding hydrogens is 454 g/mol. The first-order valence-corrected chi connectivity index (χ1v) is 13.4. The van der Waals surface area contributed by atoms with Crippen molar-refractivity contribution < 1.29 is 19.1 Å². The molecule has 7 heteroatoms. The summed E-state index contributed by atoms with van der Waals surface area (Å²) in [6.45, 7) is 17.9. The first-order chi connectivity index (χ1) is 16.8. The van der Waals surface area contributed by atoms with Gasteiger partial charge in [0.25, 0.3) is 0 Å². The van der Waals surface area contributed by atoms with E-state index in [1.165, 1.54) is 0 Å². The average Bonchev–Trinajstić information content (AvgIpc) is 3.47. The molecule has 202 valence electrons. The summed E-state index contributed by atoms with van der Waals surface area (Å²) in [5, 5.41) is 5.88. The van der Waals surface area contributed by atoms with Gasteiger partial charge in [-0.2, -0.15) is 0 Å². The number of hydrogen-bond acceptors (Lipinski definition) is 4. The molecule has 1 aromatic carbocycles. The molecule has 0 saturated heterocycles. The van der Waals surface area contributed by atoms with Gasteiger partial charge in [-0.15, -0.1) is 0 Å². The van der Waals surface area contributed by atoms with Gasteiger partial charge in [0.1, 0.15) is 17.7 Å². The van der Waals surface area contributed by atoms with Gasteiger partial charge in [0.2, 0.25) is 11.8 Å². The number of alkyl carbamates (subject to hydrolysis) is 1. The van der Waals surface area contributed by atoms with Gasteiger partial charge in [-0.1, -0.05) is 64.3 Å². The second kappa shape index (κ2) is 12.6. The van der Waals surface area contributed by atoms with E-state index < -0.39 is 23.8 Å². The molecule has 2 rings (SSSR count). The van der Waals surface area contributed by atoms with Crippen LogP contribution in [0.2, 0.25) is 0 Å². The number of amides is 3. The van der Waals surface area contributed by atoms with Crippen LogP contribution in [0.15, 0.2) is 18.2 Å². The highest BCUT2D eigenvalue weighted by atomic mass is 16.6. The van der Waals surface area contributed by atoms with Crippen LogP contribution in [-0.4, -0.2) is 47.0 Å². The normalized spacial score (nSPS) is 18.8. The smallest absolute Gasteiger partial charge is 0.408 e. The Morgan fingerprint density at radius 2 is 1.78 bits per heavy atom. The van der Waals surface area contributed by atoms with Crippen molar-refractivity contribution in [3.8, 4) is 0 Å². The fourth-order valence-corrected chi connectivity index (χ4v) is 4.51. The maximum atomic E-state index is 14.2. The van der Waals surface area contributed by atoms with Gasteiger partial charge < -0.3 is 20.3 Å². The minimum absolute atomic E-state index is 0.0636. The van der Waals surface area contributed by atoms with E-state index in [1.807, 2.05) is 45.9 Å². The Kier molecular flexibility index (Phi) is 10.4. The van der Waals surface area contributed by atoms with Crippen LogP contribution in [0.3, 0.4) is 0 Å². The maximum Gasteiger partial charge on any atom is 0.408 e. The summed E-state index contributed by atoms with van der Waals surface area (Å²) in [5.74, 6) is -0.331. The molecule has 1 saturated carbocycles. The molecule has 1 aromatic rings. The summed E-state index contributed by atoms with van der Waals surface area (Å²) >= 11 is 0. The molecule has 4 atom stereocenters. The van der Waals surface area contributed by atoms with Gasteiger partial charge >= 0.3 is 6.09 Å². The lowest BCUT2D eigenvalue weighted by atomic mass is 9.94. The van der Waals surface area contributed by atoms with E-state index in [9.17, 15) is 14.4 Å². The van der Waals surface area contributed by atoms with E-state index in [-0.39, 0.29) is 29.7 Å².